The number of hydrogen-bond acceptors (Lipinski definition) is 4. The first kappa shape index (κ1) is 18.1. The molecule has 2 aliphatic rings. The summed E-state index contributed by atoms with van der Waals surface area (Å²) in [5.74, 6) is 0.585. The van der Waals surface area contributed by atoms with Gasteiger partial charge in [-0.05, 0) is 18.9 Å². The second kappa shape index (κ2) is 7.28. The molecule has 6 heteroatoms. The fraction of sp³-hybridized carbons (Fsp3) is 0.737. The van der Waals surface area contributed by atoms with E-state index >= 15 is 0 Å². The second-order valence-corrected chi connectivity index (χ2v) is 8.37. The van der Waals surface area contributed by atoms with Gasteiger partial charge in [-0.25, -0.2) is 4.68 Å². The van der Waals surface area contributed by atoms with Crippen molar-refractivity contribution in [2.75, 3.05) is 26.2 Å². The van der Waals surface area contributed by atoms with Crippen molar-refractivity contribution in [2.24, 2.45) is 5.92 Å². The minimum Gasteiger partial charge on any atom is -0.340 e. The number of carbonyl (C=O) groups excluding carboxylic acids is 1. The van der Waals surface area contributed by atoms with Crippen LogP contribution in [0.15, 0.2) is 16.9 Å². The molecule has 0 aromatic carbocycles. The molecule has 0 atom stereocenters. The van der Waals surface area contributed by atoms with Crippen LogP contribution in [0.5, 0.6) is 0 Å². The van der Waals surface area contributed by atoms with E-state index in [1.54, 1.807) is 10.7 Å². The predicted molar refractivity (Wildman–Crippen MR) is 97.3 cm³/mol. The molecule has 0 N–H and O–H groups in total. The zero-order valence-electron chi connectivity index (χ0n) is 15.7. The lowest BCUT2D eigenvalue weighted by atomic mass is 9.92. The smallest absolute Gasteiger partial charge is 0.267 e. The Morgan fingerprint density at radius 1 is 1.12 bits per heavy atom. The van der Waals surface area contributed by atoms with Gasteiger partial charge in [0.15, 0.2) is 0 Å². The molecule has 1 amide bonds. The number of aromatic nitrogens is 2. The fourth-order valence-electron chi connectivity index (χ4n) is 3.68. The third kappa shape index (κ3) is 4.29. The minimum absolute atomic E-state index is 0.0718. The van der Waals surface area contributed by atoms with Gasteiger partial charge in [0.2, 0.25) is 5.91 Å². The normalized spacial score (nSPS) is 20.2. The third-order valence-corrected chi connectivity index (χ3v) is 5.36. The van der Waals surface area contributed by atoms with Gasteiger partial charge < -0.3 is 4.90 Å². The molecule has 1 aliphatic heterocycles. The summed E-state index contributed by atoms with van der Waals surface area (Å²) >= 11 is 0. The van der Waals surface area contributed by atoms with Gasteiger partial charge in [0, 0.05) is 43.6 Å². The summed E-state index contributed by atoms with van der Waals surface area (Å²) in [5.41, 5.74) is 0.765. The number of piperazine rings is 1. The summed E-state index contributed by atoms with van der Waals surface area (Å²) < 4.78 is 1.55. The van der Waals surface area contributed by atoms with Gasteiger partial charge in [-0.15, -0.1) is 0 Å². The fourth-order valence-corrected chi connectivity index (χ4v) is 3.68. The second-order valence-electron chi connectivity index (χ2n) is 8.37. The Hall–Kier alpha value is -1.69. The van der Waals surface area contributed by atoms with Crippen LogP contribution in [0.1, 0.15) is 52.1 Å². The first-order valence-electron chi connectivity index (χ1n) is 9.44. The van der Waals surface area contributed by atoms with E-state index in [0.29, 0.717) is 12.6 Å². The van der Waals surface area contributed by atoms with Gasteiger partial charge in [0.1, 0.15) is 0 Å². The van der Waals surface area contributed by atoms with Crippen LogP contribution in [-0.2, 0) is 16.9 Å². The first-order chi connectivity index (χ1) is 11.8. The van der Waals surface area contributed by atoms with Crippen molar-refractivity contribution in [1.82, 2.24) is 19.6 Å². The van der Waals surface area contributed by atoms with Crippen molar-refractivity contribution in [3.8, 4) is 0 Å². The molecule has 0 spiro atoms. The van der Waals surface area contributed by atoms with E-state index in [0.717, 1.165) is 44.7 Å². The average Bonchev–Trinajstić information content (AvgIpc) is 3.10. The van der Waals surface area contributed by atoms with Crippen molar-refractivity contribution >= 4 is 5.91 Å². The summed E-state index contributed by atoms with van der Waals surface area (Å²) in [4.78, 5) is 28.9. The average molecular weight is 346 g/mol. The topological polar surface area (TPSA) is 58.4 Å². The zero-order chi connectivity index (χ0) is 18.0. The van der Waals surface area contributed by atoms with Gasteiger partial charge in [0.25, 0.3) is 5.56 Å². The monoisotopic (exact) mass is 346 g/mol. The molecule has 1 aliphatic carbocycles. The molecule has 1 saturated carbocycles. The minimum atomic E-state index is -0.0815. The Balaban J connectivity index is 1.59. The Labute approximate surface area is 149 Å². The van der Waals surface area contributed by atoms with E-state index in [2.05, 4.69) is 30.8 Å². The van der Waals surface area contributed by atoms with Gasteiger partial charge in [-0.2, -0.15) is 5.10 Å². The van der Waals surface area contributed by atoms with Crippen LogP contribution in [-0.4, -0.2) is 51.7 Å². The van der Waals surface area contributed by atoms with Crippen LogP contribution in [0.3, 0.4) is 0 Å². The lowest BCUT2D eigenvalue weighted by Crippen LogP contribution is -2.51. The molecule has 1 saturated heterocycles. The quantitative estimate of drug-likeness (QED) is 0.838. The predicted octanol–water partition coefficient (Wildman–Crippen LogP) is 1.83. The van der Waals surface area contributed by atoms with E-state index in [9.17, 15) is 9.59 Å². The van der Waals surface area contributed by atoms with Crippen molar-refractivity contribution in [3.63, 3.8) is 0 Å². The SMILES string of the molecule is CC(C)(C)c1ccc(=O)n(CN2CCN(C(=O)C3CCCC3)CC2)n1. The Kier molecular flexibility index (Phi) is 5.27. The standard InChI is InChI=1S/C19H30N4O2/c1-19(2,3)16-8-9-17(24)23(20-16)14-21-10-12-22(13-11-21)18(25)15-6-4-5-7-15/h8-9,15H,4-7,10-14H2,1-3H3. The molecule has 2 fully saturated rings. The maximum atomic E-state index is 12.5. The molecule has 6 nitrogen and oxygen atoms in total. The highest BCUT2D eigenvalue weighted by Crippen LogP contribution is 2.27. The van der Waals surface area contributed by atoms with Gasteiger partial charge in [-0.3, -0.25) is 14.5 Å². The Bertz CT molecular complexity index is 663. The highest BCUT2D eigenvalue weighted by atomic mass is 16.2. The molecule has 1 aromatic heterocycles. The van der Waals surface area contributed by atoms with E-state index in [4.69, 9.17) is 0 Å². The van der Waals surface area contributed by atoms with E-state index in [1.165, 1.54) is 12.8 Å². The third-order valence-electron chi connectivity index (χ3n) is 5.36. The van der Waals surface area contributed by atoms with E-state index < -0.39 is 0 Å². The molecule has 0 unspecified atom stereocenters. The van der Waals surface area contributed by atoms with Crippen LogP contribution in [0.25, 0.3) is 0 Å². The van der Waals surface area contributed by atoms with E-state index in [1.807, 2.05) is 11.0 Å². The maximum absolute atomic E-state index is 12.5. The first-order valence-corrected chi connectivity index (χ1v) is 9.44. The molecular formula is C19H30N4O2. The van der Waals surface area contributed by atoms with Gasteiger partial charge >= 0.3 is 0 Å². The summed E-state index contributed by atoms with van der Waals surface area (Å²) in [6.07, 6.45) is 4.49. The molecular weight excluding hydrogens is 316 g/mol. The highest BCUT2D eigenvalue weighted by molar-refractivity contribution is 5.79. The Morgan fingerprint density at radius 2 is 1.76 bits per heavy atom. The van der Waals surface area contributed by atoms with Crippen LogP contribution >= 0.6 is 0 Å². The van der Waals surface area contributed by atoms with Crippen LogP contribution < -0.4 is 5.56 Å². The summed E-state index contributed by atoms with van der Waals surface area (Å²) in [6.45, 7) is 9.88. The van der Waals surface area contributed by atoms with Crippen molar-refractivity contribution < 1.29 is 4.79 Å². The largest absolute Gasteiger partial charge is 0.340 e. The van der Waals surface area contributed by atoms with Crippen molar-refractivity contribution in [3.05, 3.63) is 28.2 Å². The molecule has 0 bridgehead atoms. The van der Waals surface area contributed by atoms with Crippen LogP contribution in [0.2, 0.25) is 0 Å². The zero-order valence-corrected chi connectivity index (χ0v) is 15.7. The molecule has 2 heterocycles. The lowest BCUT2D eigenvalue weighted by Gasteiger charge is -2.36. The lowest BCUT2D eigenvalue weighted by molar-refractivity contribution is -0.137. The van der Waals surface area contributed by atoms with Crippen LogP contribution in [0, 0.1) is 5.92 Å². The number of nitrogens with zero attached hydrogens (tertiary/aromatic N) is 4. The van der Waals surface area contributed by atoms with E-state index in [-0.39, 0.29) is 16.9 Å². The van der Waals surface area contributed by atoms with Crippen LogP contribution in [0.4, 0.5) is 0 Å². The van der Waals surface area contributed by atoms with Gasteiger partial charge in [0.05, 0.1) is 12.4 Å². The summed E-state index contributed by atoms with van der Waals surface area (Å²) in [5, 5.41) is 4.54. The molecule has 0 radical (unpaired) electrons. The van der Waals surface area contributed by atoms with Crippen molar-refractivity contribution in [1.29, 1.82) is 0 Å². The number of carbonyl (C=O) groups is 1. The maximum Gasteiger partial charge on any atom is 0.267 e. The summed E-state index contributed by atoms with van der Waals surface area (Å²) in [6, 6.07) is 3.42. The Morgan fingerprint density at radius 3 is 2.36 bits per heavy atom. The number of amides is 1. The molecule has 25 heavy (non-hydrogen) atoms. The highest BCUT2D eigenvalue weighted by Gasteiger charge is 2.29. The van der Waals surface area contributed by atoms with Gasteiger partial charge in [-0.1, -0.05) is 33.6 Å². The van der Waals surface area contributed by atoms with Crippen molar-refractivity contribution in [2.45, 2.75) is 58.5 Å². The summed E-state index contributed by atoms with van der Waals surface area (Å²) in [7, 11) is 0. The number of rotatable bonds is 3. The number of hydrogen-bond donors (Lipinski definition) is 0. The molecule has 1 aromatic rings. The molecule has 138 valence electrons. The molecule has 3 rings (SSSR count).